The molecule has 3 rings (SSSR count). The van der Waals surface area contributed by atoms with Gasteiger partial charge in [0.25, 0.3) is 0 Å². The highest BCUT2D eigenvalue weighted by molar-refractivity contribution is 5.75. The van der Waals surface area contributed by atoms with Crippen LogP contribution in [0.25, 0.3) is 0 Å². The number of rotatable bonds is 2. The molecule has 2 saturated carbocycles. The molecule has 22 heavy (non-hydrogen) atoms. The molecule has 2 heteroatoms. The smallest absolute Gasteiger partial charge is 0.309 e. The maximum atomic E-state index is 11.9. The molecule has 0 aromatic carbocycles. The molecule has 122 valence electrons. The fourth-order valence-electron chi connectivity index (χ4n) is 5.67. The van der Waals surface area contributed by atoms with Gasteiger partial charge in [-0.15, -0.1) is 0 Å². The molecule has 2 unspecified atom stereocenters. The number of carbonyl (C=O) groups is 1. The minimum absolute atomic E-state index is 0.161. The van der Waals surface area contributed by atoms with Crippen LogP contribution in [-0.2, 0) is 4.79 Å². The molecule has 0 saturated heterocycles. The first-order valence-electron chi connectivity index (χ1n) is 8.93. The summed E-state index contributed by atoms with van der Waals surface area (Å²) in [5.74, 6) is 0.898. The number of fused-ring (bicyclic) bond motifs is 3. The highest BCUT2D eigenvalue weighted by Gasteiger charge is 2.57. The average molecular weight is 302 g/mol. The van der Waals surface area contributed by atoms with Gasteiger partial charge in [-0.2, -0.15) is 0 Å². The van der Waals surface area contributed by atoms with E-state index in [1.165, 1.54) is 12.0 Å². The molecule has 3 aliphatic carbocycles. The largest absolute Gasteiger partial charge is 0.481 e. The second-order valence-electron chi connectivity index (χ2n) is 8.54. The first kappa shape index (κ1) is 15.8. The number of carboxylic acids is 1. The Morgan fingerprint density at radius 1 is 1.32 bits per heavy atom. The zero-order chi connectivity index (χ0) is 16.1. The summed E-state index contributed by atoms with van der Waals surface area (Å²) in [4.78, 5) is 11.9. The van der Waals surface area contributed by atoms with Gasteiger partial charge in [-0.05, 0) is 67.8 Å². The van der Waals surface area contributed by atoms with Crippen molar-refractivity contribution in [3.05, 3.63) is 23.3 Å². The van der Waals surface area contributed by atoms with E-state index in [9.17, 15) is 9.90 Å². The van der Waals surface area contributed by atoms with E-state index >= 15 is 0 Å². The van der Waals surface area contributed by atoms with E-state index in [1.54, 1.807) is 5.57 Å². The second-order valence-corrected chi connectivity index (χ2v) is 8.54. The van der Waals surface area contributed by atoms with Crippen LogP contribution in [0.3, 0.4) is 0 Å². The van der Waals surface area contributed by atoms with Gasteiger partial charge in [-0.25, -0.2) is 0 Å². The zero-order valence-electron chi connectivity index (χ0n) is 14.5. The Hall–Kier alpha value is -1.05. The van der Waals surface area contributed by atoms with Gasteiger partial charge in [-0.1, -0.05) is 44.9 Å². The van der Waals surface area contributed by atoms with Crippen LogP contribution in [-0.4, -0.2) is 11.1 Å². The quantitative estimate of drug-likeness (QED) is 0.760. The molecule has 3 aliphatic rings. The number of carboxylic acid groups (broad SMARTS) is 1. The van der Waals surface area contributed by atoms with Crippen LogP contribution >= 0.6 is 0 Å². The van der Waals surface area contributed by atoms with Crippen LogP contribution in [0.5, 0.6) is 0 Å². The molecular formula is C20H30O2. The predicted octanol–water partition coefficient (Wildman–Crippen LogP) is 5.21. The van der Waals surface area contributed by atoms with Crippen LogP contribution in [0.15, 0.2) is 23.3 Å². The summed E-state index contributed by atoms with van der Waals surface area (Å²) in [7, 11) is 0. The zero-order valence-corrected chi connectivity index (χ0v) is 14.5. The highest BCUT2D eigenvalue weighted by Crippen LogP contribution is 2.62. The van der Waals surface area contributed by atoms with E-state index in [4.69, 9.17) is 0 Å². The van der Waals surface area contributed by atoms with Crippen molar-refractivity contribution in [3.8, 4) is 0 Å². The highest BCUT2D eigenvalue weighted by atomic mass is 16.4. The molecule has 0 spiro atoms. The Balaban J connectivity index is 1.95. The maximum absolute atomic E-state index is 11.9. The van der Waals surface area contributed by atoms with Crippen molar-refractivity contribution in [2.75, 3.05) is 0 Å². The average Bonchev–Trinajstić information content (AvgIpc) is 2.46. The minimum atomic E-state index is -0.579. The van der Waals surface area contributed by atoms with Crippen LogP contribution in [0.1, 0.15) is 66.2 Å². The molecule has 0 bridgehead atoms. The molecule has 0 aromatic heterocycles. The van der Waals surface area contributed by atoms with Crippen molar-refractivity contribution in [1.82, 2.24) is 0 Å². The lowest BCUT2D eigenvalue weighted by Gasteiger charge is -2.57. The Bertz CT molecular complexity index is 542. The molecule has 0 amide bonds. The third-order valence-electron chi connectivity index (χ3n) is 7.04. The van der Waals surface area contributed by atoms with Gasteiger partial charge < -0.3 is 5.11 Å². The van der Waals surface area contributed by atoms with Gasteiger partial charge in [0.1, 0.15) is 0 Å². The molecule has 0 radical (unpaired) electrons. The predicted molar refractivity (Wildman–Crippen MR) is 89.5 cm³/mol. The monoisotopic (exact) mass is 302 g/mol. The fraction of sp³-hybridized carbons (Fsp3) is 0.750. The summed E-state index contributed by atoms with van der Waals surface area (Å²) < 4.78 is 0. The number of allylic oxidation sites excluding steroid dienone is 4. The van der Waals surface area contributed by atoms with E-state index in [-0.39, 0.29) is 5.41 Å². The molecule has 2 fully saturated rings. The Morgan fingerprint density at radius 3 is 2.68 bits per heavy atom. The first-order valence-corrected chi connectivity index (χ1v) is 8.93. The standard InChI is InChI=1S/C20H30O2/c1-13(2)14-6-8-16-15(12-14)7-9-17-19(16,3)10-5-11-20(17,4)18(21)22/h6,12-13,16-17H,5,7-11H2,1-4H3,(H,21,22)/t16?,17?,19-,20-/m1/s1. The lowest BCUT2D eigenvalue weighted by atomic mass is 9.46. The number of hydrogen-bond acceptors (Lipinski definition) is 1. The summed E-state index contributed by atoms with van der Waals surface area (Å²) in [6.07, 6.45) is 11.2. The summed E-state index contributed by atoms with van der Waals surface area (Å²) >= 11 is 0. The number of hydrogen-bond donors (Lipinski definition) is 1. The molecule has 4 atom stereocenters. The van der Waals surface area contributed by atoms with Crippen molar-refractivity contribution in [2.45, 2.75) is 66.2 Å². The van der Waals surface area contributed by atoms with E-state index in [1.807, 2.05) is 6.92 Å². The number of aliphatic carboxylic acids is 1. The topological polar surface area (TPSA) is 37.3 Å². The lowest BCUT2D eigenvalue weighted by Crippen LogP contribution is -2.53. The summed E-state index contributed by atoms with van der Waals surface area (Å²) in [5.41, 5.74) is 2.71. The van der Waals surface area contributed by atoms with E-state index in [0.29, 0.717) is 17.8 Å². The van der Waals surface area contributed by atoms with E-state index in [0.717, 1.165) is 32.1 Å². The molecule has 1 N–H and O–H groups in total. The first-order chi connectivity index (χ1) is 10.3. The molecule has 0 heterocycles. The van der Waals surface area contributed by atoms with Gasteiger partial charge in [0.2, 0.25) is 0 Å². The van der Waals surface area contributed by atoms with Crippen molar-refractivity contribution in [1.29, 1.82) is 0 Å². The molecular weight excluding hydrogens is 272 g/mol. The third-order valence-corrected chi connectivity index (χ3v) is 7.04. The van der Waals surface area contributed by atoms with E-state index in [2.05, 4.69) is 32.9 Å². The van der Waals surface area contributed by atoms with Gasteiger partial charge in [-0.3, -0.25) is 4.79 Å². The summed E-state index contributed by atoms with van der Waals surface area (Å²) in [6.45, 7) is 8.91. The lowest BCUT2D eigenvalue weighted by molar-refractivity contribution is -0.164. The minimum Gasteiger partial charge on any atom is -0.481 e. The van der Waals surface area contributed by atoms with Gasteiger partial charge in [0.05, 0.1) is 5.41 Å². The van der Waals surface area contributed by atoms with Gasteiger partial charge in [0, 0.05) is 0 Å². The maximum Gasteiger partial charge on any atom is 0.309 e. The van der Waals surface area contributed by atoms with Gasteiger partial charge in [0.15, 0.2) is 0 Å². The van der Waals surface area contributed by atoms with Crippen molar-refractivity contribution in [3.63, 3.8) is 0 Å². The SMILES string of the molecule is CC(C)C1=CCC2C(=C1)CCC1[C@]2(C)CCC[C@@]1(C)C(=O)O. The second kappa shape index (κ2) is 5.25. The molecule has 0 aliphatic heterocycles. The van der Waals surface area contributed by atoms with Crippen molar-refractivity contribution < 1.29 is 9.90 Å². The molecule has 0 aromatic rings. The Morgan fingerprint density at radius 2 is 2.05 bits per heavy atom. The van der Waals surface area contributed by atoms with Crippen LogP contribution < -0.4 is 0 Å². The Labute approximate surface area is 134 Å². The van der Waals surface area contributed by atoms with Crippen LogP contribution in [0, 0.1) is 28.6 Å². The van der Waals surface area contributed by atoms with Gasteiger partial charge >= 0.3 is 5.97 Å². The van der Waals surface area contributed by atoms with E-state index < -0.39 is 11.4 Å². The summed E-state index contributed by atoms with van der Waals surface area (Å²) in [5, 5.41) is 9.84. The molecule has 2 nitrogen and oxygen atoms in total. The van der Waals surface area contributed by atoms with Crippen molar-refractivity contribution in [2.24, 2.45) is 28.6 Å². The van der Waals surface area contributed by atoms with Crippen molar-refractivity contribution >= 4 is 5.97 Å². The third kappa shape index (κ3) is 2.18. The fourth-order valence-corrected chi connectivity index (χ4v) is 5.67. The van der Waals surface area contributed by atoms with Crippen LogP contribution in [0.4, 0.5) is 0 Å². The van der Waals surface area contributed by atoms with Crippen LogP contribution in [0.2, 0.25) is 0 Å². The normalized spacial score (nSPS) is 41.3. The summed E-state index contributed by atoms with van der Waals surface area (Å²) in [6, 6.07) is 0. The Kier molecular flexibility index (Phi) is 3.78.